The van der Waals surface area contributed by atoms with Gasteiger partial charge in [0.1, 0.15) is 17.3 Å². The molecule has 0 aliphatic carbocycles. The van der Waals surface area contributed by atoms with Gasteiger partial charge in [0.2, 0.25) is 0 Å². The Labute approximate surface area is 162 Å². The lowest BCUT2D eigenvalue weighted by molar-refractivity contribution is 0.291. The van der Waals surface area contributed by atoms with Crippen LogP contribution in [0.4, 0.5) is 15.9 Å². The maximum absolute atomic E-state index is 13.4. The number of imidazole rings is 1. The highest BCUT2D eigenvalue weighted by molar-refractivity contribution is 6.30. The second kappa shape index (κ2) is 6.64. The van der Waals surface area contributed by atoms with E-state index in [1.54, 1.807) is 29.3 Å². The molecule has 1 aliphatic rings. The molecule has 0 saturated heterocycles. The molecule has 0 fully saturated rings. The number of hydrogen-bond donors (Lipinski definition) is 2. The first-order valence-electron chi connectivity index (χ1n) is 8.75. The van der Waals surface area contributed by atoms with Gasteiger partial charge in [0.05, 0.1) is 12.2 Å². The van der Waals surface area contributed by atoms with Crippen LogP contribution in [0.5, 0.6) is 0 Å². The fourth-order valence-corrected chi connectivity index (χ4v) is 3.46. The Bertz CT molecular complexity index is 963. The molecule has 1 aromatic heterocycles. The van der Waals surface area contributed by atoms with Crippen LogP contribution in [0.25, 0.3) is 11.3 Å². The van der Waals surface area contributed by atoms with E-state index in [1.807, 2.05) is 12.1 Å². The van der Waals surface area contributed by atoms with E-state index >= 15 is 0 Å². The highest BCUT2D eigenvalue weighted by Crippen LogP contribution is 2.36. The van der Waals surface area contributed by atoms with Crippen molar-refractivity contribution in [2.75, 3.05) is 5.01 Å². The summed E-state index contributed by atoms with van der Waals surface area (Å²) in [6.45, 7) is 5.63. The number of hydrazine groups is 1. The van der Waals surface area contributed by atoms with Crippen LogP contribution < -0.4 is 16.2 Å². The fourth-order valence-electron chi connectivity index (χ4n) is 3.33. The van der Waals surface area contributed by atoms with Crippen molar-refractivity contribution in [1.82, 2.24) is 14.9 Å². The summed E-state index contributed by atoms with van der Waals surface area (Å²) >= 11 is 6.02. The molecular formula is C20H21ClFN5. The predicted octanol–water partition coefficient (Wildman–Crippen LogP) is 4.24. The van der Waals surface area contributed by atoms with Gasteiger partial charge in [-0.15, -0.1) is 0 Å². The Hall–Kier alpha value is -2.41. The van der Waals surface area contributed by atoms with E-state index in [0.717, 1.165) is 28.6 Å². The zero-order valence-corrected chi connectivity index (χ0v) is 16.0. The third-order valence-electron chi connectivity index (χ3n) is 4.75. The van der Waals surface area contributed by atoms with Gasteiger partial charge in [0.15, 0.2) is 5.82 Å². The first-order chi connectivity index (χ1) is 12.8. The first kappa shape index (κ1) is 18.0. The maximum atomic E-state index is 13.4. The fraction of sp³-hybridized carbons (Fsp3) is 0.250. The summed E-state index contributed by atoms with van der Waals surface area (Å²) < 4.78 is 15.5. The molecule has 0 spiro atoms. The minimum atomic E-state index is -0.283. The Morgan fingerprint density at radius 2 is 1.81 bits per heavy atom. The normalized spacial score (nSPS) is 15.4. The molecule has 140 valence electrons. The molecule has 0 amide bonds. The number of fused-ring (bicyclic) bond motifs is 1. The summed E-state index contributed by atoms with van der Waals surface area (Å²) in [6.07, 6.45) is 0. The van der Waals surface area contributed by atoms with Crippen molar-refractivity contribution in [3.63, 3.8) is 0 Å². The van der Waals surface area contributed by atoms with E-state index in [9.17, 15) is 4.39 Å². The van der Waals surface area contributed by atoms with Crippen LogP contribution in [0.2, 0.25) is 5.02 Å². The molecule has 0 radical (unpaired) electrons. The largest absolute Gasteiger partial charge is 0.310 e. The molecule has 0 unspecified atom stereocenters. The Kier molecular flexibility index (Phi) is 4.42. The molecular weight excluding hydrogens is 365 g/mol. The van der Waals surface area contributed by atoms with Crippen LogP contribution in [0.15, 0.2) is 48.5 Å². The van der Waals surface area contributed by atoms with Crippen molar-refractivity contribution >= 4 is 23.1 Å². The molecule has 0 bridgehead atoms. The summed E-state index contributed by atoms with van der Waals surface area (Å²) in [5.41, 5.74) is 2.24. The van der Waals surface area contributed by atoms with E-state index in [1.165, 1.54) is 12.1 Å². The third kappa shape index (κ3) is 3.43. The van der Waals surface area contributed by atoms with Crippen molar-refractivity contribution in [2.45, 2.75) is 32.5 Å². The molecule has 1 aliphatic heterocycles. The van der Waals surface area contributed by atoms with Crippen LogP contribution in [0.3, 0.4) is 0 Å². The maximum Gasteiger partial charge on any atom is 0.156 e. The van der Waals surface area contributed by atoms with Crippen LogP contribution in [0, 0.1) is 5.82 Å². The van der Waals surface area contributed by atoms with Crippen LogP contribution in [0.1, 0.15) is 19.7 Å². The summed E-state index contributed by atoms with van der Waals surface area (Å²) in [5.74, 6) is 7.91. The van der Waals surface area contributed by atoms with Crippen LogP contribution >= 0.6 is 11.6 Å². The highest BCUT2D eigenvalue weighted by atomic mass is 35.5. The Balaban J connectivity index is 1.88. The van der Waals surface area contributed by atoms with E-state index in [2.05, 4.69) is 23.7 Å². The van der Waals surface area contributed by atoms with Gasteiger partial charge in [-0.3, -0.25) is 5.01 Å². The number of nitrogens with one attached hydrogen (secondary N) is 1. The number of nitrogens with two attached hydrogens (primary N) is 1. The second-order valence-corrected chi connectivity index (χ2v) is 7.81. The molecule has 0 atom stereocenters. The van der Waals surface area contributed by atoms with E-state index in [4.69, 9.17) is 22.4 Å². The molecule has 0 saturated carbocycles. The Morgan fingerprint density at radius 1 is 1.15 bits per heavy atom. The van der Waals surface area contributed by atoms with Gasteiger partial charge in [0.25, 0.3) is 0 Å². The lowest BCUT2D eigenvalue weighted by Crippen LogP contribution is -2.48. The van der Waals surface area contributed by atoms with Gasteiger partial charge in [-0.25, -0.2) is 15.2 Å². The number of rotatable bonds is 3. The standard InChI is InChI=1S/C20H21ClFN5/c1-20(2)12-26-17(11-24-20)25-18(13-3-7-15(22)8-4-13)19(26)27(23)16-9-5-14(21)6-10-16/h3-10,24H,11-12,23H2,1-2H3. The van der Waals surface area contributed by atoms with E-state index in [0.29, 0.717) is 18.1 Å². The van der Waals surface area contributed by atoms with Crippen LogP contribution in [-0.4, -0.2) is 15.1 Å². The smallest absolute Gasteiger partial charge is 0.156 e. The third-order valence-corrected chi connectivity index (χ3v) is 5.00. The number of halogens is 2. The molecule has 27 heavy (non-hydrogen) atoms. The van der Waals surface area contributed by atoms with Gasteiger partial charge >= 0.3 is 0 Å². The van der Waals surface area contributed by atoms with Gasteiger partial charge in [-0.1, -0.05) is 11.6 Å². The first-order valence-corrected chi connectivity index (χ1v) is 9.13. The molecule has 4 rings (SSSR count). The number of nitrogens with zero attached hydrogens (tertiary/aromatic N) is 3. The van der Waals surface area contributed by atoms with E-state index < -0.39 is 0 Å². The molecule has 2 aromatic carbocycles. The average Bonchev–Trinajstić information content (AvgIpc) is 2.99. The van der Waals surface area contributed by atoms with Crippen molar-refractivity contribution in [1.29, 1.82) is 0 Å². The molecule has 7 heteroatoms. The Morgan fingerprint density at radius 3 is 2.48 bits per heavy atom. The SMILES string of the molecule is CC1(C)Cn2c(nc(-c3ccc(F)cc3)c2N(N)c2ccc(Cl)cc2)CN1. The minimum Gasteiger partial charge on any atom is -0.310 e. The van der Waals surface area contributed by atoms with Gasteiger partial charge in [-0.05, 0) is 62.4 Å². The lowest BCUT2D eigenvalue weighted by Gasteiger charge is -2.34. The van der Waals surface area contributed by atoms with Crippen molar-refractivity contribution in [3.8, 4) is 11.3 Å². The minimum absolute atomic E-state index is 0.0939. The highest BCUT2D eigenvalue weighted by Gasteiger charge is 2.31. The average molecular weight is 386 g/mol. The summed E-state index contributed by atoms with van der Waals surface area (Å²) in [5, 5.41) is 5.74. The number of hydrogen-bond acceptors (Lipinski definition) is 4. The zero-order valence-electron chi connectivity index (χ0n) is 15.2. The lowest BCUT2D eigenvalue weighted by atomic mass is 10.0. The molecule has 5 nitrogen and oxygen atoms in total. The predicted molar refractivity (Wildman–Crippen MR) is 106 cm³/mol. The molecule has 2 heterocycles. The monoisotopic (exact) mass is 385 g/mol. The topological polar surface area (TPSA) is 59.1 Å². The number of aromatic nitrogens is 2. The summed E-state index contributed by atoms with van der Waals surface area (Å²) in [4.78, 5) is 4.81. The number of anilines is 2. The summed E-state index contributed by atoms with van der Waals surface area (Å²) in [7, 11) is 0. The molecule has 3 N–H and O–H groups in total. The van der Waals surface area contributed by atoms with Crippen molar-refractivity contribution in [3.05, 3.63) is 65.2 Å². The second-order valence-electron chi connectivity index (χ2n) is 7.38. The quantitative estimate of drug-likeness (QED) is 0.523. The van der Waals surface area contributed by atoms with Gasteiger partial charge in [-0.2, -0.15) is 0 Å². The van der Waals surface area contributed by atoms with Crippen molar-refractivity contribution < 1.29 is 4.39 Å². The van der Waals surface area contributed by atoms with Crippen molar-refractivity contribution in [2.24, 2.45) is 5.84 Å². The molecule has 3 aromatic rings. The van der Waals surface area contributed by atoms with Gasteiger partial charge < -0.3 is 9.88 Å². The summed E-state index contributed by atoms with van der Waals surface area (Å²) in [6, 6.07) is 13.6. The van der Waals surface area contributed by atoms with Crippen LogP contribution in [-0.2, 0) is 13.1 Å². The zero-order chi connectivity index (χ0) is 19.2. The van der Waals surface area contributed by atoms with Gasteiger partial charge in [0, 0.05) is 22.7 Å². The number of benzene rings is 2. The van der Waals surface area contributed by atoms with E-state index in [-0.39, 0.29) is 11.4 Å².